The molecular formula is C22H26N4O. The summed E-state index contributed by atoms with van der Waals surface area (Å²) < 4.78 is 0. The summed E-state index contributed by atoms with van der Waals surface area (Å²) in [6, 6.07) is 13.0. The van der Waals surface area contributed by atoms with Crippen LogP contribution in [0.3, 0.4) is 0 Å². The molecule has 0 unspecified atom stereocenters. The number of rotatable bonds is 4. The van der Waals surface area contributed by atoms with Crippen molar-refractivity contribution in [3.8, 4) is 11.1 Å². The van der Waals surface area contributed by atoms with Gasteiger partial charge in [-0.05, 0) is 66.5 Å². The second kappa shape index (κ2) is 7.84. The maximum atomic E-state index is 11.2. The molecule has 4 N–H and O–H groups in total. The molecule has 0 bridgehead atoms. The fraction of sp³-hybridized carbons (Fsp3) is 0.318. The van der Waals surface area contributed by atoms with Crippen LogP contribution in [0.4, 0.5) is 11.4 Å². The minimum Gasteiger partial charge on any atom is -0.387 e. The van der Waals surface area contributed by atoms with E-state index >= 15 is 0 Å². The van der Waals surface area contributed by atoms with Crippen molar-refractivity contribution in [2.24, 2.45) is 0 Å². The minimum absolute atomic E-state index is 0.0531. The second-order valence-corrected chi connectivity index (χ2v) is 7.21. The Morgan fingerprint density at radius 3 is 2.59 bits per heavy atom. The van der Waals surface area contributed by atoms with Gasteiger partial charge in [0.05, 0.1) is 0 Å². The quantitative estimate of drug-likeness (QED) is 0.667. The maximum absolute atomic E-state index is 11.2. The highest BCUT2D eigenvalue weighted by Gasteiger charge is 2.14. The average Bonchev–Trinajstić information content (AvgIpc) is 2.69. The van der Waals surface area contributed by atoms with Crippen LogP contribution in [0.5, 0.6) is 0 Å². The highest BCUT2D eigenvalue weighted by molar-refractivity contribution is 5.89. The molecule has 0 radical (unpaired) electrons. The van der Waals surface area contributed by atoms with Crippen molar-refractivity contribution in [1.29, 1.82) is 0 Å². The molecule has 140 valence electrons. The first kappa shape index (κ1) is 17.6. The summed E-state index contributed by atoms with van der Waals surface area (Å²) in [5, 5.41) is 15.8. The molecule has 0 spiro atoms. The third-order valence-electron chi connectivity index (χ3n) is 5.14. The zero-order chi connectivity index (χ0) is 18.6. The van der Waals surface area contributed by atoms with Gasteiger partial charge in [-0.15, -0.1) is 0 Å². The van der Waals surface area contributed by atoms with Gasteiger partial charge in [0.2, 0.25) is 5.91 Å². The van der Waals surface area contributed by atoms with Crippen LogP contribution in [0.1, 0.15) is 19.8 Å². The van der Waals surface area contributed by atoms with Crippen molar-refractivity contribution in [3.63, 3.8) is 0 Å². The molecule has 1 fully saturated rings. The third kappa shape index (κ3) is 4.14. The number of hydrogen-bond acceptors (Lipinski definition) is 4. The van der Waals surface area contributed by atoms with Crippen molar-refractivity contribution in [2.45, 2.75) is 25.8 Å². The molecule has 5 nitrogen and oxygen atoms in total. The Kier molecular flexibility index (Phi) is 5.12. The van der Waals surface area contributed by atoms with E-state index in [1.807, 2.05) is 12.1 Å². The zero-order valence-corrected chi connectivity index (χ0v) is 15.6. The lowest BCUT2D eigenvalue weighted by atomic mass is 10.00. The smallest absolute Gasteiger partial charge is 0.221 e. The molecule has 0 aliphatic carbocycles. The lowest BCUT2D eigenvalue weighted by Gasteiger charge is -2.25. The standard InChI is InChI=1S/C22H26N4O/c1-15(27)25-19-4-2-16(3-5-19)18-12-17-6-9-24-14-21(17)22(13-18)26-20-7-10-23-11-8-20/h2-6,12-14,20,23-24,26H,7-11H2,1H3,(H,25,27). The first-order valence-electron chi connectivity index (χ1n) is 9.62. The van der Waals surface area contributed by atoms with E-state index in [0.717, 1.165) is 43.7 Å². The molecule has 2 aromatic carbocycles. The molecule has 0 atom stereocenters. The van der Waals surface area contributed by atoms with Crippen LogP contribution in [-0.4, -0.2) is 31.6 Å². The predicted molar refractivity (Wildman–Crippen MR) is 112 cm³/mol. The lowest BCUT2D eigenvalue weighted by molar-refractivity contribution is -0.114. The maximum Gasteiger partial charge on any atom is 0.221 e. The second-order valence-electron chi connectivity index (χ2n) is 7.21. The fourth-order valence-electron chi connectivity index (χ4n) is 3.76. The Labute approximate surface area is 159 Å². The fourth-order valence-corrected chi connectivity index (χ4v) is 3.76. The largest absolute Gasteiger partial charge is 0.387 e. The Bertz CT molecular complexity index is 944. The van der Waals surface area contributed by atoms with Gasteiger partial charge in [-0.3, -0.25) is 4.79 Å². The molecule has 2 aliphatic rings. The topological polar surface area (TPSA) is 65.2 Å². The summed E-state index contributed by atoms with van der Waals surface area (Å²) in [5.74, 6) is -0.0531. The van der Waals surface area contributed by atoms with Crippen LogP contribution in [0.25, 0.3) is 23.4 Å². The molecule has 2 aliphatic heterocycles. The summed E-state index contributed by atoms with van der Waals surface area (Å²) >= 11 is 0. The lowest BCUT2D eigenvalue weighted by Crippen LogP contribution is -2.40. The van der Waals surface area contributed by atoms with Gasteiger partial charge in [0.15, 0.2) is 0 Å². The van der Waals surface area contributed by atoms with Crippen molar-refractivity contribution >= 4 is 29.6 Å². The number of carbonyl (C=O) groups excluding carboxylic acids is 1. The van der Waals surface area contributed by atoms with Gasteiger partial charge in [-0.25, -0.2) is 0 Å². The van der Waals surface area contributed by atoms with Crippen LogP contribution in [0.15, 0.2) is 36.4 Å². The van der Waals surface area contributed by atoms with Crippen LogP contribution in [0.2, 0.25) is 0 Å². The first-order valence-corrected chi connectivity index (χ1v) is 9.62. The third-order valence-corrected chi connectivity index (χ3v) is 5.14. The molecule has 0 saturated carbocycles. The number of amides is 1. The number of benzene rings is 2. The Morgan fingerprint density at radius 2 is 1.85 bits per heavy atom. The molecule has 4 rings (SSSR count). The van der Waals surface area contributed by atoms with Crippen LogP contribution < -0.4 is 31.7 Å². The number of nitrogens with one attached hydrogen (secondary N) is 4. The van der Waals surface area contributed by atoms with E-state index in [9.17, 15) is 4.79 Å². The molecule has 0 aromatic heterocycles. The van der Waals surface area contributed by atoms with E-state index < -0.39 is 0 Å². The van der Waals surface area contributed by atoms with E-state index in [1.165, 1.54) is 28.6 Å². The van der Waals surface area contributed by atoms with Crippen LogP contribution in [-0.2, 0) is 4.79 Å². The van der Waals surface area contributed by atoms with Gasteiger partial charge >= 0.3 is 0 Å². The summed E-state index contributed by atoms with van der Waals surface area (Å²) in [7, 11) is 0. The Hall–Kier alpha value is -2.79. The first-order chi connectivity index (χ1) is 13.2. The Morgan fingerprint density at radius 1 is 1.07 bits per heavy atom. The van der Waals surface area contributed by atoms with E-state index in [4.69, 9.17) is 0 Å². The normalized spacial score (nSPS) is 16.3. The van der Waals surface area contributed by atoms with E-state index in [-0.39, 0.29) is 5.91 Å². The van der Waals surface area contributed by atoms with Gasteiger partial charge < -0.3 is 21.3 Å². The summed E-state index contributed by atoms with van der Waals surface area (Å²) in [5.41, 5.74) is 4.34. The summed E-state index contributed by atoms with van der Waals surface area (Å²) in [4.78, 5) is 11.2. The summed E-state index contributed by atoms with van der Waals surface area (Å²) in [6.45, 7) is 4.51. The van der Waals surface area contributed by atoms with Gasteiger partial charge in [0.1, 0.15) is 0 Å². The van der Waals surface area contributed by atoms with Crippen LogP contribution >= 0.6 is 0 Å². The number of piperidine rings is 1. The summed E-state index contributed by atoms with van der Waals surface area (Å²) in [6.07, 6.45) is 6.63. The molecular weight excluding hydrogens is 336 g/mol. The number of fused-ring (bicyclic) bond motifs is 1. The highest BCUT2D eigenvalue weighted by Crippen LogP contribution is 2.23. The van der Waals surface area contributed by atoms with Gasteiger partial charge in [-0.1, -0.05) is 18.2 Å². The average molecular weight is 362 g/mol. The van der Waals surface area contributed by atoms with Crippen molar-refractivity contribution in [3.05, 3.63) is 46.8 Å². The van der Waals surface area contributed by atoms with Gasteiger partial charge in [0.25, 0.3) is 0 Å². The number of anilines is 2. The molecule has 1 saturated heterocycles. The Balaban J connectivity index is 1.69. The van der Waals surface area contributed by atoms with Crippen LogP contribution in [0, 0.1) is 0 Å². The molecule has 1 amide bonds. The minimum atomic E-state index is -0.0531. The molecule has 2 aromatic rings. The number of carbonyl (C=O) groups is 1. The number of hydrogen-bond donors (Lipinski definition) is 4. The predicted octanol–water partition coefficient (Wildman–Crippen LogP) is 1.60. The van der Waals surface area contributed by atoms with E-state index in [2.05, 4.69) is 57.8 Å². The molecule has 5 heteroatoms. The van der Waals surface area contributed by atoms with Gasteiger partial charge in [-0.2, -0.15) is 0 Å². The van der Waals surface area contributed by atoms with Crippen molar-refractivity contribution in [1.82, 2.24) is 10.6 Å². The highest BCUT2D eigenvalue weighted by atomic mass is 16.1. The monoisotopic (exact) mass is 362 g/mol. The van der Waals surface area contributed by atoms with E-state index in [0.29, 0.717) is 6.04 Å². The molecule has 27 heavy (non-hydrogen) atoms. The van der Waals surface area contributed by atoms with Crippen molar-refractivity contribution in [2.75, 3.05) is 30.3 Å². The zero-order valence-electron chi connectivity index (χ0n) is 15.6. The SMILES string of the molecule is CC(=O)Nc1ccc(-c2cc(NC3CCNCC3)c3c(c2)=CCNC=3)cc1. The van der Waals surface area contributed by atoms with Crippen molar-refractivity contribution < 1.29 is 4.79 Å². The molecule has 2 heterocycles. The van der Waals surface area contributed by atoms with Gasteiger partial charge in [0, 0.05) is 42.3 Å². The van der Waals surface area contributed by atoms with E-state index in [1.54, 1.807) is 0 Å².